The van der Waals surface area contributed by atoms with Crippen LogP contribution >= 0.6 is 11.3 Å². The van der Waals surface area contributed by atoms with Crippen molar-refractivity contribution in [3.05, 3.63) is 71.7 Å². The highest BCUT2D eigenvalue weighted by atomic mass is 32.1. The molecule has 1 aliphatic rings. The second-order valence-electron chi connectivity index (χ2n) is 11.1. The maximum Gasteiger partial charge on any atom is 0.166 e. The number of phenols is 1. The highest BCUT2D eigenvalue weighted by Crippen LogP contribution is 2.37. The maximum atomic E-state index is 9.60. The Morgan fingerprint density at radius 3 is 2.65 bits per heavy atom. The van der Waals surface area contributed by atoms with Crippen LogP contribution in [-0.2, 0) is 6.42 Å². The summed E-state index contributed by atoms with van der Waals surface area (Å²) in [5.41, 5.74) is 3.93. The normalized spacial score (nSPS) is 13.8. The summed E-state index contributed by atoms with van der Waals surface area (Å²) in [4.78, 5) is 14.9. The van der Waals surface area contributed by atoms with E-state index in [9.17, 15) is 5.11 Å². The van der Waals surface area contributed by atoms with Crippen LogP contribution in [0.3, 0.4) is 0 Å². The molecule has 206 valence electrons. The molecule has 6 nitrogen and oxygen atoms in total. The molecular formula is C33H38N5OS+. The number of fused-ring (bicyclic) bond motifs is 2. The molecule has 40 heavy (non-hydrogen) atoms. The lowest BCUT2D eigenvalue weighted by atomic mass is 10.1. The van der Waals surface area contributed by atoms with Gasteiger partial charge in [0.2, 0.25) is 0 Å². The Balaban J connectivity index is 1.20. The summed E-state index contributed by atoms with van der Waals surface area (Å²) >= 11 is 1.73. The van der Waals surface area contributed by atoms with Gasteiger partial charge in [-0.15, -0.1) is 11.3 Å². The van der Waals surface area contributed by atoms with Gasteiger partial charge in [-0.1, -0.05) is 49.6 Å². The number of benzene rings is 2. The first-order valence-corrected chi connectivity index (χ1v) is 15.6. The van der Waals surface area contributed by atoms with Crippen molar-refractivity contribution in [1.82, 2.24) is 19.5 Å². The number of nitrogens with zero attached hydrogens (tertiary/aromatic N) is 4. The number of nitrogens with one attached hydrogen (secondary N) is 1. The van der Waals surface area contributed by atoms with E-state index in [-0.39, 0.29) is 5.75 Å². The number of imidazole rings is 1. The monoisotopic (exact) mass is 552 g/mol. The van der Waals surface area contributed by atoms with Crippen LogP contribution in [0.2, 0.25) is 0 Å². The molecule has 0 radical (unpaired) electrons. The number of anilines is 1. The van der Waals surface area contributed by atoms with E-state index >= 15 is 0 Å². The molecule has 1 unspecified atom stereocenters. The van der Waals surface area contributed by atoms with E-state index in [1.165, 1.54) is 61.5 Å². The lowest BCUT2D eigenvalue weighted by Crippen LogP contribution is -2.09. The molecule has 6 rings (SSSR count). The van der Waals surface area contributed by atoms with Crippen molar-refractivity contribution in [3.63, 3.8) is 0 Å². The van der Waals surface area contributed by atoms with E-state index in [1.54, 1.807) is 29.4 Å². The molecule has 3 aromatic heterocycles. The van der Waals surface area contributed by atoms with Crippen molar-refractivity contribution >= 4 is 38.4 Å². The molecule has 0 spiro atoms. The fourth-order valence-corrected chi connectivity index (χ4v) is 6.38. The molecule has 1 atom stereocenters. The fraction of sp³-hybridized carbons (Fsp3) is 0.394. The van der Waals surface area contributed by atoms with E-state index in [2.05, 4.69) is 46.5 Å². The van der Waals surface area contributed by atoms with Gasteiger partial charge in [0.05, 0.1) is 18.7 Å². The summed E-state index contributed by atoms with van der Waals surface area (Å²) in [7, 11) is 0. The van der Waals surface area contributed by atoms with Gasteiger partial charge in [0, 0.05) is 33.6 Å². The topological polar surface area (TPSA) is 75.9 Å². The number of rotatable bonds is 14. The first kappa shape index (κ1) is 26.6. The second kappa shape index (κ2) is 12.3. The first-order valence-electron chi connectivity index (χ1n) is 14.7. The molecule has 7 heteroatoms. The zero-order valence-corrected chi connectivity index (χ0v) is 24.1. The lowest BCUT2D eigenvalue weighted by molar-refractivity contribution is 0.474. The van der Waals surface area contributed by atoms with Crippen LogP contribution in [0, 0.1) is 5.92 Å². The van der Waals surface area contributed by atoms with Gasteiger partial charge >= 0.3 is 0 Å². The Morgan fingerprint density at radius 2 is 1.80 bits per heavy atom. The third-order valence-electron chi connectivity index (χ3n) is 8.02. The third kappa shape index (κ3) is 6.25. The molecule has 0 bridgehead atoms. The highest BCUT2D eigenvalue weighted by molar-refractivity contribution is 7.17. The Labute approximate surface area is 240 Å². The number of thiophene rings is 1. The van der Waals surface area contributed by atoms with E-state index in [4.69, 9.17) is 15.0 Å². The SMILES string of the molecule is CC(CCCCCCC[C+]1CC1)n1cnc2c(NCCc3ccc(O)cc3)nc(-c3csc4ccccc34)nc21. The largest absolute Gasteiger partial charge is 0.508 e. The van der Waals surface area contributed by atoms with Crippen molar-refractivity contribution in [1.29, 1.82) is 0 Å². The number of unbranched alkanes of at least 4 members (excludes halogenated alkanes) is 4. The number of phenolic OH excluding ortho intramolecular Hbond substituents is 1. The fourth-order valence-electron chi connectivity index (χ4n) is 5.44. The highest BCUT2D eigenvalue weighted by Gasteiger charge is 2.34. The van der Waals surface area contributed by atoms with Crippen LogP contribution in [0.1, 0.15) is 76.3 Å². The standard InChI is InChI=1S/C33H37N5OS/c1-23(9-5-3-2-4-6-10-24-13-14-24)38-22-35-30-32(34-20-19-25-15-17-26(39)18-16-25)36-31(37-33(30)38)28-21-40-29-12-8-7-11-27(28)29/h7-8,11-12,15-18,21-23H,2-6,9-10,13-14,19-20H2,1H3,(H-,34,36,37,39)/p+1. The molecular weight excluding hydrogens is 514 g/mol. The average Bonchev–Trinajstić information content (AvgIpc) is 3.53. The zero-order chi connectivity index (χ0) is 27.3. The summed E-state index contributed by atoms with van der Waals surface area (Å²) in [6.07, 6.45) is 14.6. The Hall–Kier alpha value is -3.58. The van der Waals surface area contributed by atoms with Crippen molar-refractivity contribution in [3.8, 4) is 17.1 Å². The van der Waals surface area contributed by atoms with Crippen LogP contribution in [-0.4, -0.2) is 31.2 Å². The predicted molar refractivity (Wildman–Crippen MR) is 166 cm³/mol. The smallest absolute Gasteiger partial charge is 0.166 e. The van der Waals surface area contributed by atoms with Gasteiger partial charge in [0.25, 0.3) is 0 Å². The molecule has 3 heterocycles. The summed E-state index contributed by atoms with van der Waals surface area (Å²) < 4.78 is 3.48. The van der Waals surface area contributed by atoms with Crippen LogP contribution in [0.5, 0.6) is 5.75 Å². The van der Waals surface area contributed by atoms with Crippen molar-refractivity contribution in [2.24, 2.45) is 0 Å². The van der Waals surface area contributed by atoms with Crippen molar-refractivity contribution < 1.29 is 5.11 Å². The molecule has 0 saturated heterocycles. The Bertz CT molecular complexity index is 1550. The summed E-state index contributed by atoms with van der Waals surface area (Å²) in [5, 5.41) is 16.5. The zero-order valence-electron chi connectivity index (χ0n) is 23.3. The van der Waals surface area contributed by atoms with Crippen molar-refractivity contribution in [2.45, 2.75) is 77.2 Å². The molecule has 1 aliphatic carbocycles. The van der Waals surface area contributed by atoms with Crippen LogP contribution < -0.4 is 5.32 Å². The van der Waals surface area contributed by atoms with Gasteiger partial charge in [0.15, 0.2) is 17.3 Å². The predicted octanol–water partition coefficient (Wildman–Crippen LogP) is 8.73. The van der Waals surface area contributed by atoms with E-state index < -0.39 is 0 Å². The number of aromatic hydroxyl groups is 1. The van der Waals surface area contributed by atoms with Gasteiger partial charge in [-0.25, -0.2) is 15.0 Å². The second-order valence-corrected chi connectivity index (χ2v) is 12.0. The minimum atomic E-state index is 0.286. The van der Waals surface area contributed by atoms with Gasteiger partial charge < -0.3 is 15.0 Å². The molecule has 1 fully saturated rings. The summed E-state index contributed by atoms with van der Waals surface area (Å²) in [5.74, 6) is 3.58. The minimum Gasteiger partial charge on any atom is -0.508 e. The van der Waals surface area contributed by atoms with E-state index in [1.807, 2.05) is 18.5 Å². The molecule has 2 aromatic carbocycles. The molecule has 2 N–H and O–H groups in total. The third-order valence-corrected chi connectivity index (χ3v) is 8.98. The minimum absolute atomic E-state index is 0.286. The van der Waals surface area contributed by atoms with Gasteiger partial charge in [0.1, 0.15) is 24.1 Å². The average molecular weight is 553 g/mol. The van der Waals surface area contributed by atoms with Gasteiger partial charge in [-0.2, -0.15) is 0 Å². The van der Waals surface area contributed by atoms with E-state index in [0.717, 1.165) is 46.8 Å². The van der Waals surface area contributed by atoms with Crippen LogP contribution in [0.4, 0.5) is 5.82 Å². The van der Waals surface area contributed by atoms with Gasteiger partial charge in [-0.3, -0.25) is 0 Å². The van der Waals surface area contributed by atoms with E-state index in [0.29, 0.717) is 12.6 Å². The summed E-state index contributed by atoms with van der Waals surface area (Å²) in [6.45, 7) is 2.99. The van der Waals surface area contributed by atoms with Crippen LogP contribution in [0.15, 0.2) is 60.2 Å². The molecule has 0 amide bonds. The Morgan fingerprint density at radius 1 is 1.00 bits per heavy atom. The Kier molecular flexibility index (Phi) is 8.19. The molecule has 0 aliphatic heterocycles. The van der Waals surface area contributed by atoms with Crippen molar-refractivity contribution in [2.75, 3.05) is 11.9 Å². The van der Waals surface area contributed by atoms with Gasteiger partial charge in [-0.05, 0) is 56.4 Å². The summed E-state index contributed by atoms with van der Waals surface area (Å²) in [6, 6.07) is 16.1. The van der Waals surface area contributed by atoms with Crippen LogP contribution in [0.25, 0.3) is 32.6 Å². The first-order chi connectivity index (χ1) is 19.7. The maximum absolute atomic E-state index is 9.60. The molecule has 5 aromatic rings. The number of hydrogen-bond donors (Lipinski definition) is 2. The lowest BCUT2D eigenvalue weighted by Gasteiger charge is -2.15. The number of aromatic nitrogens is 4. The molecule has 1 saturated carbocycles. The number of hydrogen-bond acceptors (Lipinski definition) is 6. The quantitative estimate of drug-likeness (QED) is 0.106.